The quantitative estimate of drug-likeness (QED) is 0.0263. The lowest BCUT2D eigenvalue weighted by molar-refractivity contribution is -0.167. The van der Waals surface area contributed by atoms with Gasteiger partial charge in [0, 0.05) is 19.3 Å². The molecule has 0 aromatic rings. The molecule has 0 saturated heterocycles. The number of unbranched alkanes of at least 4 members (excludes halogenated alkanes) is 28. The maximum Gasteiger partial charge on any atom is 0.306 e. The lowest BCUT2D eigenvalue weighted by Gasteiger charge is -2.18. The topological polar surface area (TPSA) is 78.9 Å². The number of ether oxygens (including phenoxy) is 3. The van der Waals surface area contributed by atoms with Crippen LogP contribution in [-0.2, 0) is 28.6 Å². The SMILES string of the molecule is CC/C=C\C/C=C\C/C=C\C/C=C\CCCCC(=O)OC[C@H](COC(=O)CCCCCCCCCCCCCCC)OC(=O)CCCCCCCCCCCCCCCCC. The van der Waals surface area contributed by atoms with E-state index in [1.165, 1.54) is 141 Å². The van der Waals surface area contributed by atoms with Gasteiger partial charge in [-0.05, 0) is 57.8 Å². The summed E-state index contributed by atoms with van der Waals surface area (Å²) in [6, 6.07) is 0. The molecule has 0 amide bonds. The molecule has 0 heterocycles. The maximum atomic E-state index is 12.8. The van der Waals surface area contributed by atoms with Crippen LogP contribution in [0.15, 0.2) is 48.6 Å². The van der Waals surface area contributed by atoms with Gasteiger partial charge in [0.2, 0.25) is 0 Å². The summed E-state index contributed by atoms with van der Waals surface area (Å²) in [5.41, 5.74) is 0. The zero-order valence-electron chi connectivity index (χ0n) is 40.4. The molecule has 0 aromatic heterocycles. The van der Waals surface area contributed by atoms with E-state index in [1.54, 1.807) is 0 Å². The van der Waals surface area contributed by atoms with Gasteiger partial charge in [0.25, 0.3) is 0 Å². The molecule has 0 aromatic carbocycles. The van der Waals surface area contributed by atoms with Crippen LogP contribution in [0.5, 0.6) is 0 Å². The molecule has 0 N–H and O–H groups in total. The molecule has 6 heteroatoms. The number of hydrogen-bond donors (Lipinski definition) is 0. The van der Waals surface area contributed by atoms with E-state index < -0.39 is 6.10 Å². The van der Waals surface area contributed by atoms with Crippen molar-refractivity contribution in [3.63, 3.8) is 0 Å². The summed E-state index contributed by atoms with van der Waals surface area (Å²) in [6.07, 6.45) is 59.5. The predicted molar refractivity (Wildman–Crippen MR) is 261 cm³/mol. The van der Waals surface area contributed by atoms with Crippen LogP contribution in [-0.4, -0.2) is 37.2 Å². The first-order valence-corrected chi connectivity index (χ1v) is 26.1. The van der Waals surface area contributed by atoms with Gasteiger partial charge in [-0.3, -0.25) is 14.4 Å². The Morgan fingerprint density at radius 3 is 1.00 bits per heavy atom. The fourth-order valence-electron chi connectivity index (χ4n) is 7.43. The fourth-order valence-corrected chi connectivity index (χ4v) is 7.43. The molecule has 0 aliphatic rings. The van der Waals surface area contributed by atoms with E-state index in [-0.39, 0.29) is 31.1 Å². The molecule has 0 spiro atoms. The summed E-state index contributed by atoms with van der Waals surface area (Å²) >= 11 is 0. The molecular weight excluding hydrogens is 757 g/mol. The Morgan fingerprint density at radius 2 is 0.639 bits per heavy atom. The summed E-state index contributed by atoms with van der Waals surface area (Å²) in [7, 11) is 0. The zero-order chi connectivity index (χ0) is 44.4. The minimum absolute atomic E-state index is 0.0824. The van der Waals surface area contributed by atoms with Crippen molar-refractivity contribution in [3.05, 3.63) is 48.6 Å². The van der Waals surface area contributed by atoms with Gasteiger partial charge < -0.3 is 14.2 Å². The summed E-state index contributed by atoms with van der Waals surface area (Å²) in [5.74, 6) is -0.915. The molecule has 0 saturated carbocycles. The van der Waals surface area contributed by atoms with Crippen molar-refractivity contribution in [2.24, 2.45) is 0 Å². The van der Waals surface area contributed by atoms with E-state index in [4.69, 9.17) is 14.2 Å². The molecule has 1 atom stereocenters. The second-order valence-corrected chi connectivity index (χ2v) is 17.4. The Bertz CT molecular complexity index is 1070. The fraction of sp³-hybridized carbons (Fsp3) is 0.800. The highest BCUT2D eigenvalue weighted by Crippen LogP contribution is 2.16. The first-order chi connectivity index (χ1) is 30.0. The van der Waals surface area contributed by atoms with Crippen molar-refractivity contribution in [3.8, 4) is 0 Å². The van der Waals surface area contributed by atoms with E-state index in [9.17, 15) is 14.4 Å². The largest absolute Gasteiger partial charge is 0.462 e. The molecule has 6 nitrogen and oxygen atoms in total. The Balaban J connectivity index is 4.41. The Labute approximate surface area is 378 Å². The van der Waals surface area contributed by atoms with Crippen molar-refractivity contribution in [2.45, 2.75) is 271 Å². The Hall–Kier alpha value is -2.63. The number of carbonyl (C=O) groups excluding carboxylic acids is 3. The molecule has 0 aliphatic heterocycles. The van der Waals surface area contributed by atoms with E-state index in [0.29, 0.717) is 19.3 Å². The van der Waals surface area contributed by atoms with Crippen molar-refractivity contribution >= 4 is 17.9 Å². The third kappa shape index (κ3) is 48.3. The molecule has 0 aliphatic carbocycles. The number of esters is 3. The first kappa shape index (κ1) is 58.4. The van der Waals surface area contributed by atoms with Crippen LogP contribution in [0, 0.1) is 0 Å². The van der Waals surface area contributed by atoms with Crippen LogP contribution in [0.4, 0.5) is 0 Å². The number of allylic oxidation sites excluding steroid dienone is 8. The van der Waals surface area contributed by atoms with Crippen molar-refractivity contribution in [1.82, 2.24) is 0 Å². The standard InChI is InChI=1S/C55H98O6/c1-4-7-10-13-16-19-22-25-27-30-33-36-39-42-45-48-54(57)60-51-52(50-59-53(56)47-44-41-38-35-32-29-24-21-18-15-12-9-6-3)61-55(58)49-46-43-40-37-34-31-28-26-23-20-17-14-11-8-5-2/h7,10,16,19,25,27,33,36,52H,4-6,8-9,11-15,17-18,20-24,26,28-32,34-35,37-51H2,1-3H3/b10-7-,19-16-,27-25-,36-33-/t52-/m0/s1. The minimum Gasteiger partial charge on any atom is -0.462 e. The molecule has 0 unspecified atom stereocenters. The summed E-state index contributed by atoms with van der Waals surface area (Å²) in [4.78, 5) is 38.0. The molecular formula is C55H98O6. The molecule has 61 heavy (non-hydrogen) atoms. The van der Waals surface area contributed by atoms with Crippen LogP contribution in [0.1, 0.15) is 265 Å². The maximum absolute atomic E-state index is 12.8. The number of carbonyl (C=O) groups is 3. The van der Waals surface area contributed by atoms with Gasteiger partial charge in [-0.1, -0.05) is 236 Å². The monoisotopic (exact) mass is 855 g/mol. The summed E-state index contributed by atoms with van der Waals surface area (Å²) in [5, 5.41) is 0. The van der Waals surface area contributed by atoms with E-state index in [2.05, 4.69) is 69.4 Å². The third-order valence-corrected chi connectivity index (χ3v) is 11.3. The summed E-state index contributed by atoms with van der Waals surface area (Å²) < 4.78 is 16.8. The highest BCUT2D eigenvalue weighted by atomic mass is 16.6. The normalized spacial score (nSPS) is 12.4. The van der Waals surface area contributed by atoms with Crippen molar-refractivity contribution in [2.75, 3.05) is 13.2 Å². The van der Waals surface area contributed by atoms with Gasteiger partial charge in [-0.25, -0.2) is 0 Å². The molecule has 0 rings (SSSR count). The van der Waals surface area contributed by atoms with Crippen molar-refractivity contribution < 1.29 is 28.6 Å². The van der Waals surface area contributed by atoms with Gasteiger partial charge in [-0.15, -0.1) is 0 Å². The van der Waals surface area contributed by atoms with Gasteiger partial charge in [0.05, 0.1) is 0 Å². The lowest BCUT2D eigenvalue weighted by Crippen LogP contribution is -2.30. The van der Waals surface area contributed by atoms with E-state index in [0.717, 1.165) is 83.5 Å². The lowest BCUT2D eigenvalue weighted by atomic mass is 10.0. The molecule has 0 radical (unpaired) electrons. The highest BCUT2D eigenvalue weighted by Gasteiger charge is 2.19. The number of rotatable bonds is 47. The van der Waals surface area contributed by atoms with Crippen molar-refractivity contribution in [1.29, 1.82) is 0 Å². The average molecular weight is 855 g/mol. The smallest absolute Gasteiger partial charge is 0.306 e. The summed E-state index contributed by atoms with van der Waals surface area (Å²) in [6.45, 7) is 6.51. The van der Waals surface area contributed by atoms with Crippen LogP contribution >= 0.6 is 0 Å². The highest BCUT2D eigenvalue weighted by molar-refractivity contribution is 5.71. The second kappa shape index (κ2) is 50.0. The molecule has 0 bridgehead atoms. The van der Waals surface area contributed by atoms with Crippen LogP contribution < -0.4 is 0 Å². The van der Waals surface area contributed by atoms with Crippen LogP contribution in [0.3, 0.4) is 0 Å². The zero-order valence-corrected chi connectivity index (χ0v) is 40.4. The first-order valence-electron chi connectivity index (χ1n) is 26.1. The third-order valence-electron chi connectivity index (χ3n) is 11.3. The number of hydrogen-bond acceptors (Lipinski definition) is 6. The van der Waals surface area contributed by atoms with Gasteiger partial charge in [0.15, 0.2) is 6.10 Å². The minimum atomic E-state index is -0.784. The Morgan fingerprint density at radius 1 is 0.344 bits per heavy atom. The predicted octanol–water partition coefficient (Wildman–Crippen LogP) is 17.1. The van der Waals surface area contributed by atoms with E-state index in [1.807, 2.05) is 0 Å². The van der Waals surface area contributed by atoms with Crippen LogP contribution in [0.2, 0.25) is 0 Å². The van der Waals surface area contributed by atoms with Gasteiger partial charge in [-0.2, -0.15) is 0 Å². The van der Waals surface area contributed by atoms with E-state index >= 15 is 0 Å². The molecule has 354 valence electrons. The second-order valence-electron chi connectivity index (χ2n) is 17.4. The average Bonchev–Trinajstić information content (AvgIpc) is 3.26. The van der Waals surface area contributed by atoms with Gasteiger partial charge >= 0.3 is 17.9 Å². The van der Waals surface area contributed by atoms with Crippen LogP contribution in [0.25, 0.3) is 0 Å². The molecule has 0 fully saturated rings. The Kier molecular flexibility index (Phi) is 47.9. The van der Waals surface area contributed by atoms with Gasteiger partial charge in [0.1, 0.15) is 13.2 Å².